The van der Waals surface area contributed by atoms with Crippen LogP contribution >= 0.6 is 0 Å². The molecule has 2 rings (SSSR count). The molecule has 0 aliphatic carbocycles. The Bertz CT molecular complexity index is 434. The second-order valence-electron chi connectivity index (χ2n) is 5.18. The van der Waals surface area contributed by atoms with Gasteiger partial charge in [-0.15, -0.1) is 0 Å². The van der Waals surface area contributed by atoms with Gasteiger partial charge in [0.25, 0.3) is 0 Å². The second-order valence-corrected chi connectivity index (χ2v) is 5.18. The predicted octanol–water partition coefficient (Wildman–Crippen LogP) is 2.97. The van der Waals surface area contributed by atoms with Crippen molar-refractivity contribution in [2.24, 2.45) is 0 Å². The Morgan fingerprint density at radius 3 is 1.30 bits per heavy atom. The van der Waals surface area contributed by atoms with Gasteiger partial charge in [-0.2, -0.15) is 0 Å². The summed E-state index contributed by atoms with van der Waals surface area (Å²) in [5.41, 5.74) is 2.39. The van der Waals surface area contributed by atoms with E-state index in [-0.39, 0.29) is 0 Å². The molecule has 0 saturated carbocycles. The molecule has 0 saturated heterocycles. The third-order valence-electron chi connectivity index (χ3n) is 3.59. The first kappa shape index (κ1) is 14.8. The van der Waals surface area contributed by atoms with Crippen LogP contribution in [0, 0.1) is 0 Å². The fourth-order valence-corrected chi connectivity index (χ4v) is 2.30. The van der Waals surface area contributed by atoms with Crippen LogP contribution in [0.1, 0.15) is 24.0 Å². The zero-order valence-electron chi connectivity index (χ0n) is 11.7. The largest absolute Gasteiger partial charge is 0.390 e. The average molecular weight is 270 g/mol. The normalized spacial score (nSPS) is 13.9. The highest BCUT2D eigenvalue weighted by Gasteiger charge is 2.15. The van der Waals surface area contributed by atoms with Crippen LogP contribution in [0.15, 0.2) is 60.7 Å². The van der Waals surface area contributed by atoms with Crippen molar-refractivity contribution in [1.29, 1.82) is 0 Å². The Balaban J connectivity index is 1.73. The van der Waals surface area contributed by atoms with E-state index in [9.17, 15) is 10.2 Å². The van der Waals surface area contributed by atoms with Gasteiger partial charge in [0.05, 0.1) is 12.2 Å². The highest BCUT2D eigenvalue weighted by atomic mass is 16.3. The molecule has 0 unspecified atom stereocenters. The second kappa shape index (κ2) is 7.83. The Hall–Kier alpha value is -1.64. The number of aliphatic hydroxyl groups is 2. The minimum atomic E-state index is -0.654. The monoisotopic (exact) mass is 270 g/mol. The van der Waals surface area contributed by atoms with Gasteiger partial charge in [-0.25, -0.2) is 0 Å². The Morgan fingerprint density at radius 1 is 0.600 bits per heavy atom. The molecule has 0 heterocycles. The lowest BCUT2D eigenvalue weighted by Gasteiger charge is -2.17. The van der Waals surface area contributed by atoms with E-state index in [0.717, 1.165) is 12.8 Å². The number of aryl methyl sites for hydroxylation is 2. The fraction of sp³-hybridized carbons (Fsp3) is 0.333. The van der Waals surface area contributed by atoms with Gasteiger partial charge in [0.1, 0.15) is 0 Å². The van der Waals surface area contributed by atoms with E-state index in [1.807, 2.05) is 60.7 Å². The molecular weight excluding hydrogens is 248 g/mol. The zero-order valence-corrected chi connectivity index (χ0v) is 11.7. The summed E-state index contributed by atoms with van der Waals surface area (Å²) in [5.74, 6) is 0. The van der Waals surface area contributed by atoms with E-state index in [0.29, 0.717) is 12.8 Å². The van der Waals surface area contributed by atoms with Gasteiger partial charge in [0, 0.05) is 0 Å². The molecule has 0 aromatic heterocycles. The molecule has 2 heteroatoms. The molecular formula is C18H22O2. The molecule has 0 spiro atoms. The van der Waals surface area contributed by atoms with E-state index >= 15 is 0 Å². The molecule has 106 valence electrons. The molecule has 0 fully saturated rings. The van der Waals surface area contributed by atoms with Crippen LogP contribution in [0.25, 0.3) is 0 Å². The molecule has 2 nitrogen and oxygen atoms in total. The van der Waals surface area contributed by atoms with Gasteiger partial charge in [0.2, 0.25) is 0 Å². The number of hydrogen-bond donors (Lipinski definition) is 2. The molecule has 2 N–H and O–H groups in total. The van der Waals surface area contributed by atoms with Gasteiger partial charge in [-0.3, -0.25) is 0 Å². The lowest BCUT2D eigenvalue weighted by atomic mass is 9.99. The van der Waals surface area contributed by atoms with Crippen LogP contribution in [-0.2, 0) is 12.8 Å². The van der Waals surface area contributed by atoms with Crippen LogP contribution in [0.4, 0.5) is 0 Å². The van der Waals surface area contributed by atoms with Gasteiger partial charge in [0.15, 0.2) is 0 Å². The van der Waals surface area contributed by atoms with Crippen LogP contribution in [0.2, 0.25) is 0 Å². The summed E-state index contributed by atoms with van der Waals surface area (Å²) in [6, 6.07) is 20.1. The molecule has 0 amide bonds. The first-order chi connectivity index (χ1) is 9.75. The van der Waals surface area contributed by atoms with E-state index in [1.54, 1.807) is 0 Å². The highest BCUT2D eigenvalue weighted by Crippen LogP contribution is 2.12. The van der Waals surface area contributed by atoms with Crippen molar-refractivity contribution in [2.75, 3.05) is 0 Å². The van der Waals surface area contributed by atoms with Crippen LogP contribution < -0.4 is 0 Å². The van der Waals surface area contributed by atoms with E-state index < -0.39 is 12.2 Å². The summed E-state index contributed by atoms with van der Waals surface area (Å²) in [5, 5.41) is 20.0. The summed E-state index contributed by atoms with van der Waals surface area (Å²) in [4.78, 5) is 0. The Labute approximate surface area is 120 Å². The third-order valence-corrected chi connectivity index (χ3v) is 3.59. The lowest BCUT2D eigenvalue weighted by Crippen LogP contribution is -2.26. The van der Waals surface area contributed by atoms with E-state index in [2.05, 4.69) is 0 Å². The first-order valence-electron chi connectivity index (χ1n) is 7.19. The SMILES string of the molecule is O[C@@H](CCc1ccccc1)[C@@H](O)CCc1ccccc1. The van der Waals surface area contributed by atoms with E-state index in [1.165, 1.54) is 11.1 Å². The Morgan fingerprint density at radius 2 is 0.950 bits per heavy atom. The molecule has 2 aromatic rings. The van der Waals surface area contributed by atoms with Crippen LogP contribution in [0.5, 0.6) is 0 Å². The molecule has 0 bridgehead atoms. The van der Waals surface area contributed by atoms with Crippen molar-refractivity contribution < 1.29 is 10.2 Å². The molecule has 0 aliphatic heterocycles. The maximum Gasteiger partial charge on any atom is 0.0802 e. The standard InChI is InChI=1S/C18H22O2/c19-17(13-11-15-7-3-1-4-8-15)18(20)14-12-16-9-5-2-6-10-16/h1-10,17-20H,11-14H2/t17-,18-/m0/s1. The number of rotatable bonds is 7. The number of aliphatic hydroxyl groups excluding tert-OH is 2. The molecule has 0 aliphatic rings. The van der Waals surface area contributed by atoms with Crippen molar-refractivity contribution in [3.8, 4) is 0 Å². The van der Waals surface area contributed by atoms with Gasteiger partial charge in [-0.05, 0) is 36.8 Å². The number of hydrogen-bond acceptors (Lipinski definition) is 2. The summed E-state index contributed by atoms with van der Waals surface area (Å²) in [7, 11) is 0. The van der Waals surface area contributed by atoms with Crippen LogP contribution in [0.3, 0.4) is 0 Å². The molecule has 20 heavy (non-hydrogen) atoms. The smallest absolute Gasteiger partial charge is 0.0802 e. The summed E-state index contributed by atoms with van der Waals surface area (Å²) >= 11 is 0. The van der Waals surface area contributed by atoms with Gasteiger partial charge < -0.3 is 10.2 Å². The van der Waals surface area contributed by atoms with Crippen molar-refractivity contribution in [1.82, 2.24) is 0 Å². The minimum absolute atomic E-state index is 0.597. The van der Waals surface area contributed by atoms with E-state index in [4.69, 9.17) is 0 Å². The van der Waals surface area contributed by atoms with Crippen molar-refractivity contribution in [3.05, 3.63) is 71.8 Å². The van der Waals surface area contributed by atoms with Gasteiger partial charge >= 0.3 is 0 Å². The van der Waals surface area contributed by atoms with Gasteiger partial charge in [-0.1, -0.05) is 60.7 Å². The lowest BCUT2D eigenvalue weighted by molar-refractivity contribution is 0.0104. The van der Waals surface area contributed by atoms with Crippen molar-refractivity contribution >= 4 is 0 Å². The van der Waals surface area contributed by atoms with Crippen molar-refractivity contribution in [3.63, 3.8) is 0 Å². The summed E-state index contributed by atoms with van der Waals surface area (Å²) < 4.78 is 0. The summed E-state index contributed by atoms with van der Waals surface area (Å²) in [6.07, 6.45) is 1.48. The Kier molecular flexibility index (Phi) is 5.78. The predicted molar refractivity (Wildman–Crippen MR) is 81.5 cm³/mol. The van der Waals surface area contributed by atoms with Crippen molar-refractivity contribution in [2.45, 2.75) is 37.9 Å². The molecule has 2 aromatic carbocycles. The summed E-state index contributed by atoms with van der Waals surface area (Å²) in [6.45, 7) is 0. The maximum atomic E-state index is 10.0. The first-order valence-corrected chi connectivity index (χ1v) is 7.19. The molecule has 2 atom stereocenters. The fourth-order valence-electron chi connectivity index (χ4n) is 2.30. The maximum absolute atomic E-state index is 10.0. The number of benzene rings is 2. The third kappa shape index (κ3) is 4.80. The topological polar surface area (TPSA) is 40.5 Å². The molecule has 0 radical (unpaired) electrons. The zero-order chi connectivity index (χ0) is 14.2. The van der Waals surface area contributed by atoms with Crippen LogP contribution in [-0.4, -0.2) is 22.4 Å². The highest BCUT2D eigenvalue weighted by molar-refractivity contribution is 5.15. The minimum Gasteiger partial charge on any atom is -0.390 e. The quantitative estimate of drug-likeness (QED) is 0.812. The average Bonchev–Trinajstić information content (AvgIpc) is 2.52.